The number of nitrogens with one attached hydrogen (secondary N) is 1. The standard InChI is InChI=1S/C12H14BrN3S/c1-2-4-14-7-10-3-5-15-12(16-10)11-6-9(13)8-17-11/h3,5-6,8,14H,2,4,7H2,1H3. The van der Waals surface area contributed by atoms with Crippen LogP contribution < -0.4 is 5.32 Å². The van der Waals surface area contributed by atoms with E-state index in [0.717, 1.165) is 40.4 Å². The molecule has 0 spiro atoms. The van der Waals surface area contributed by atoms with Gasteiger partial charge < -0.3 is 5.32 Å². The summed E-state index contributed by atoms with van der Waals surface area (Å²) in [5.41, 5.74) is 1.04. The Labute approximate surface area is 113 Å². The van der Waals surface area contributed by atoms with E-state index in [1.807, 2.05) is 23.7 Å². The van der Waals surface area contributed by atoms with Crippen molar-refractivity contribution < 1.29 is 0 Å². The average Bonchev–Trinajstić information content (AvgIpc) is 2.77. The topological polar surface area (TPSA) is 37.8 Å². The van der Waals surface area contributed by atoms with E-state index >= 15 is 0 Å². The highest BCUT2D eigenvalue weighted by Gasteiger charge is 2.05. The summed E-state index contributed by atoms with van der Waals surface area (Å²) in [4.78, 5) is 9.94. The molecule has 0 radical (unpaired) electrons. The Morgan fingerprint density at radius 2 is 2.35 bits per heavy atom. The summed E-state index contributed by atoms with van der Waals surface area (Å²) in [6.07, 6.45) is 2.95. The molecule has 0 aromatic carbocycles. The monoisotopic (exact) mass is 311 g/mol. The van der Waals surface area contributed by atoms with Crippen LogP contribution in [-0.4, -0.2) is 16.5 Å². The van der Waals surface area contributed by atoms with Crippen molar-refractivity contribution in [3.63, 3.8) is 0 Å². The van der Waals surface area contributed by atoms with Crippen molar-refractivity contribution in [2.75, 3.05) is 6.54 Å². The van der Waals surface area contributed by atoms with Gasteiger partial charge in [0, 0.05) is 22.6 Å². The zero-order chi connectivity index (χ0) is 12.1. The van der Waals surface area contributed by atoms with Gasteiger partial charge in [0.15, 0.2) is 5.82 Å². The summed E-state index contributed by atoms with van der Waals surface area (Å²) in [6.45, 7) is 3.97. The Bertz CT molecular complexity index is 484. The predicted octanol–water partition coefficient (Wildman–Crippen LogP) is 3.47. The smallest absolute Gasteiger partial charge is 0.169 e. The fourth-order valence-corrected chi connectivity index (χ4v) is 2.80. The molecule has 0 saturated carbocycles. The molecule has 0 aliphatic carbocycles. The third-order valence-corrected chi connectivity index (χ3v) is 3.92. The van der Waals surface area contributed by atoms with Crippen molar-refractivity contribution in [3.05, 3.63) is 33.9 Å². The second kappa shape index (κ2) is 6.23. The summed E-state index contributed by atoms with van der Waals surface area (Å²) in [5.74, 6) is 0.802. The van der Waals surface area contributed by atoms with Crippen LogP contribution in [0.2, 0.25) is 0 Å². The summed E-state index contributed by atoms with van der Waals surface area (Å²) in [7, 11) is 0. The van der Waals surface area contributed by atoms with E-state index < -0.39 is 0 Å². The van der Waals surface area contributed by atoms with Crippen LogP contribution >= 0.6 is 27.3 Å². The molecular weight excluding hydrogens is 298 g/mol. The SMILES string of the molecule is CCCNCc1ccnc(-c2cc(Br)cs2)n1. The maximum atomic E-state index is 4.54. The van der Waals surface area contributed by atoms with Gasteiger partial charge in [0.25, 0.3) is 0 Å². The second-order valence-corrected chi connectivity index (χ2v) is 5.50. The lowest BCUT2D eigenvalue weighted by molar-refractivity contribution is 0.663. The van der Waals surface area contributed by atoms with E-state index in [0.29, 0.717) is 0 Å². The Morgan fingerprint density at radius 3 is 3.06 bits per heavy atom. The Morgan fingerprint density at radius 1 is 1.47 bits per heavy atom. The molecular formula is C12H14BrN3S. The molecule has 0 aliphatic rings. The van der Waals surface area contributed by atoms with Crippen molar-refractivity contribution in [2.24, 2.45) is 0 Å². The maximum absolute atomic E-state index is 4.54. The van der Waals surface area contributed by atoms with Gasteiger partial charge in [-0.2, -0.15) is 0 Å². The van der Waals surface area contributed by atoms with E-state index in [-0.39, 0.29) is 0 Å². The highest BCUT2D eigenvalue weighted by atomic mass is 79.9. The molecule has 0 aliphatic heterocycles. The zero-order valence-corrected chi connectivity index (χ0v) is 12.0. The first-order chi connectivity index (χ1) is 8.29. The van der Waals surface area contributed by atoms with Crippen LogP contribution in [0.4, 0.5) is 0 Å². The highest BCUT2D eigenvalue weighted by Crippen LogP contribution is 2.27. The molecule has 2 heterocycles. The van der Waals surface area contributed by atoms with Gasteiger partial charge in [-0.15, -0.1) is 11.3 Å². The minimum atomic E-state index is 0.801. The quantitative estimate of drug-likeness (QED) is 0.859. The fourth-order valence-electron chi connectivity index (χ4n) is 1.44. The van der Waals surface area contributed by atoms with Crippen molar-refractivity contribution >= 4 is 27.3 Å². The number of rotatable bonds is 5. The van der Waals surface area contributed by atoms with E-state index in [4.69, 9.17) is 0 Å². The second-order valence-electron chi connectivity index (χ2n) is 3.68. The van der Waals surface area contributed by atoms with E-state index in [2.05, 4.69) is 38.1 Å². The van der Waals surface area contributed by atoms with E-state index in [1.165, 1.54) is 0 Å². The van der Waals surface area contributed by atoms with Crippen LogP contribution in [0, 0.1) is 0 Å². The van der Waals surface area contributed by atoms with Crippen molar-refractivity contribution in [2.45, 2.75) is 19.9 Å². The molecule has 17 heavy (non-hydrogen) atoms. The predicted molar refractivity (Wildman–Crippen MR) is 75.0 cm³/mol. The molecule has 3 nitrogen and oxygen atoms in total. The summed E-state index contributed by atoms with van der Waals surface area (Å²) in [6, 6.07) is 4.00. The number of halogens is 1. The first-order valence-corrected chi connectivity index (χ1v) is 7.24. The van der Waals surface area contributed by atoms with Gasteiger partial charge in [-0.3, -0.25) is 0 Å². The maximum Gasteiger partial charge on any atom is 0.169 e. The molecule has 0 bridgehead atoms. The van der Waals surface area contributed by atoms with Crippen LogP contribution in [0.1, 0.15) is 19.0 Å². The molecule has 90 valence electrons. The lowest BCUT2D eigenvalue weighted by Gasteiger charge is -2.03. The Kier molecular flexibility index (Phi) is 4.65. The summed E-state index contributed by atoms with van der Waals surface area (Å²) >= 11 is 5.09. The van der Waals surface area contributed by atoms with Gasteiger partial charge in [-0.1, -0.05) is 6.92 Å². The normalized spacial score (nSPS) is 10.7. The Hall–Kier alpha value is -0.780. The molecule has 0 amide bonds. The minimum absolute atomic E-state index is 0.801. The van der Waals surface area contributed by atoms with Crippen LogP contribution in [0.15, 0.2) is 28.2 Å². The lowest BCUT2D eigenvalue weighted by atomic mass is 10.3. The van der Waals surface area contributed by atoms with Crippen LogP contribution in [0.3, 0.4) is 0 Å². The van der Waals surface area contributed by atoms with Gasteiger partial charge in [0.2, 0.25) is 0 Å². The number of thiophene rings is 1. The molecule has 5 heteroatoms. The van der Waals surface area contributed by atoms with Gasteiger partial charge >= 0.3 is 0 Å². The van der Waals surface area contributed by atoms with Crippen LogP contribution in [-0.2, 0) is 6.54 Å². The largest absolute Gasteiger partial charge is 0.311 e. The summed E-state index contributed by atoms with van der Waals surface area (Å²) in [5, 5.41) is 5.38. The molecule has 0 unspecified atom stereocenters. The first kappa shape index (κ1) is 12.7. The number of aromatic nitrogens is 2. The highest BCUT2D eigenvalue weighted by molar-refractivity contribution is 9.10. The minimum Gasteiger partial charge on any atom is -0.311 e. The zero-order valence-electron chi connectivity index (χ0n) is 9.61. The van der Waals surface area contributed by atoms with Crippen molar-refractivity contribution in [1.82, 2.24) is 15.3 Å². The number of hydrogen-bond donors (Lipinski definition) is 1. The van der Waals surface area contributed by atoms with Crippen LogP contribution in [0.5, 0.6) is 0 Å². The summed E-state index contributed by atoms with van der Waals surface area (Å²) < 4.78 is 1.08. The molecule has 0 atom stereocenters. The van der Waals surface area contributed by atoms with Crippen molar-refractivity contribution in [1.29, 1.82) is 0 Å². The molecule has 2 rings (SSSR count). The van der Waals surface area contributed by atoms with Gasteiger partial charge in [0.05, 0.1) is 10.6 Å². The third kappa shape index (κ3) is 3.59. The van der Waals surface area contributed by atoms with Gasteiger partial charge in [0.1, 0.15) is 0 Å². The van der Waals surface area contributed by atoms with E-state index in [1.54, 1.807) is 11.3 Å². The van der Waals surface area contributed by atoms with Crippen molar-refractivity contribution in [3.8, 4) is 10.7 Å². The number of nitrogens with zero attached hydrogens (tertiary/aromatic N) is 2. The van der Waals surface area contributed by atoms with Gasteiger partial charge in [-0.05, 0) is 41.0 Å². The van der Waals surface area contributed by atoms with Gasteiger partial charge in [-0.25, -0.2) is 9.97 Å². The molecule has 0 saturated heterocycles. The molecule has 2 aromatic rings. The van der Waals surface area contributed by atoms with Crippen LogP contribution in [0.25, 0.3) is 10.7 Å². The first-order valence-electron chi connectivity index (χ1n) is 5.56. The van der Waals surface area contributed by atoms with E-state index in [9.17, 15) is 0 Å². The number of hydrogen-bond acceptors (Lipinski definition) is 4. The third-order valence-electron chi connectivity index (χ3n) is 2.23. The molecule has 0 fully saturated rings. The lowest BCUT2D eigenvalue weighted by Crippen LogP contribution is -2.15. The molecule has 1 N–H and O–H groups in total. The Balaban J connectivity index is 2.11. The fraction of sp³-hybridized carbons (Fsp3) is 0.333. The molecule has 2 aromatic heterocycles. The average molecular weight is 312 g/mol.